The number of ether oxygens (including phenoxy) is 1. The van der Waals surface area contributed by atoms with Crippen molar-refractivity contribution >= 4 is 33.2 Å². The molecule has 1 saturated heterocycles. The molecule has 126 valence electrons. The van der Waals surface area contributed by atoms with E-state index in [1.807, 2.05) is 12.1 Å². The van der Waals surface area contributed by atoms with Crippen molar-refractivity contribution in [1.29, 1.82) is 0 Å². The van der Waals surface area contributed by atoms with Gasteiger partial charge in [-0.05, 0) is 35.6 Å². The maximum absolute atomic E-state index is 12.8. The Morgan fingerprint density at radius 3 is 3.17 bits per heavy atom. The first-order chi connectivity index (χ1) is 11.6. The fourth-order valence-electron chi connectivity index (χ4n) is 3.25. The van der Waals surface area contributed by atoms with Crippen molar-refractivity contribution in [3.8, 4) is 0 Å². The second kappa shape index (κ2) is 6.16. The van der Waals surface area contributed by atoms with Gasteiger partial charge in [0.2, 0.25) is 0 Å². The molecule has 0 unspecified atom stereocenters. The zero-order valence-corrected chi connectivity index (χ0v) is 13.9. The van der Waals surface area contributed by atoms with Crippen LogP contribution in [0.1, 0.15) is 25.6 Å². The molecule has 1 atom stereocenters. The predicted molar refractivity (Wildman–Crippen MR) is 90.6 cm³/mol. The van der Waals surface area contributed by atoms with Crippen molar-refractivity contribution in [2.24, 2.45) is 0 Å². The fourth-order valence-corrected chi connectivity index (χ4v) is 4.40. The largest absolute Gasteiger partial charge is 0.389 e. The number of amides is 2. The number of carbonyl (C=O) groups is 2. The molecule has 1 aromatic heterocycles. The minimum atomic E-state index is -0.655. The number of fused-ring (bicyclic) bond motifs is 3. The third kappa shape index (κ3) is 2.68. The molecule has 3 heterocycles. The van der Waals surface area contributed by atoms with E-state index >= 15 is 0 Å². The Morgan fingerprint density at radius 1 is 1.42 bits per heavy atom. The fraction of sp³-hybridized carbons (Fsp3) is 0.412. The number of nitrogens with one attached hydrogen (secondary N) is 1. The van der Waals surface area contributed by atoms with Crippen LogP contribution in [0.25, 0.3) is 10.1 Å². The monoisotopic (exact) mass is 346 g/mol. The maximum atomic E-state index is 12.8. The van der Waals surface area contributed by atoms with E-state index in [0.717, 1.165) is 26.9 Å². The third-order valence-electron chi connectivity index (χ3n) is 4.44. The summed E-state index contributed by atoms with van der Waals surface area (Å²) in [6, 6.07) is 5.58. The van der Waals surface area contributed by atoms with Gasteiger partial charge in [0.15, 0.2) is 0 Å². The van der Waals surface area contributed by atoms with Crippen molar-refractivity contribution < 1.29 is 19.4 Å². The van der Waals surface area contributed by atoms with Crippen molar-refractivity contribution in [2.45, 2.75) is 12.5 Å². The van der Waals surface area contributed by atoms with Crippen molar-refractivity contribution in [1.82, 2.24) is 10.2 Å². The Balaban J connectivity index is 1.69. The molecule has 0 spiro atoms. The third-order valence-corrected chi connectivity index (χ3v) is 5.65. The van der Waals surface area contributed by atoms with E-state index in [1.54, 1.807) is 11.0 Å². The smallest absolute Gasteiger partial charge is 0.261 e. The summed E-state index contributed by atoms with van der Waals surface area (Å²) in [6.45, 7) is 2.07. The number of carbonyl (C=O) groups excluding carboxylic acids is 2. The van der Waals surface area contributed by atoms with Crippen LogP contribution in [0.15, 0.2) is 18.2 Å². The number of aliphatic hydroxyl groups is 1. The molecule has 2 aliphatic rings. The molecule has 1 fully saturated rings. The van der Waals surface area contributed by atoms with Gasteiger partial charge in [-0.1, -0.05) is 0 Å². The van der Waals surface area contributed by atoms with Crippen molar-refractivity contribution in [3.05, 3.63) is 34.2 Å². The second-order valence-corrected chi connectivity index (χ2v) is 7.16. The first-order valence-corrected chi connectivity index (χ1v) is 8.84. The highest BCUT2D eigenvalue weighted by Gasteiger charge is 2.25. The molecule has 24 heavy (non-hydrogen) atoms. The lowest BCUT2D eigenvalue weighted by molar-refractivity contribution is 0.0534. The summed E-state index contributed by atoms with van der Waals surface area (Å²) >= 11 is 1.47. The highest BCUT2D eigenvalue weighted by atomic mass is 32.1. The summed E-state index contributed by atoms with van der Waals surface area (Å²) in [7, 11) is 0. The highest BCUT2D eigenvalue weighted by molar-refractivity contribution is 7.21. The minimum absolute atomic E-state index is 0.0295. The van der Waals surface area contributed by atoms with Gasteiger partial charge in [0.05, 0.1) is 24.2 Å². The number of benzene rings is 1. The van der Waals surface area contributed by atoms with Crippen LogP contribution >= 0.6 is 11.3 Å². The Bertz CT molecular complexity index is 816. The summed E-state index contributed by atoms with van der Waals surface area (Å²) < 4.78 is 6.30. The van der Waals surface area contributed by atoms with Crippen molar-refractivity contribution in [2.75, 3.05) is 32.8 Å². The van der Waals surface area contributed by atoms with Crippen molar-refractivity contribution in [3.63, 3.8) is 0 Å². The van der Waals surface area contributed by atoms with Gasteiger partial charge in [-0.2, -0.15) is 0 Å². The SMILES string of the molecule is O=C1NCCc2c1sc1ccc(C(=O)N3CCOC[C@@H](O)C3)cc21. The first kappa shape index (κ1) is 15.6. The van der Waals surface area contributed by atoms with Crippen LogP contribution in [-0.2, 0) is 11.2 Å². The van der Waals surface area contributed by atoms with Gasteiger partial charge in [0, 0.05) is 29.9 Å². The lowest BCUT2D eigenvalue weighted by Gasteiger charge is -2.21. The first-order valence-electron chi connectivity index (χ1n) is 8.02. The second-order valence-electron chi connectivity index (χ2n) is 6.11. The molecule has 2 N–H and O–H groups in total. The van der Waals surface area contributed by atoms with E-state index in [9.17, 15) is 14.7 Å². The van der Waals surface area contributed by atoms with Crippen LogP contribution in [0.4, 0.5) is 0 Å². The Morgan fingerprint density at radius 2 is 2.29 bits per heavy atom. The summed E-state index contributed by atoms with van der Waals surface area (Å²) in [5, 5.41) is 13.7. The summed E-state index contributed by atoms with van der Waals surface area (Å²) in [6.07, 6.45) is 0.132. The van der Waals surface area contributed by atoms with Gasteiger partial charge >= 0.3 is 0 Å². The molecule has 2 aliphatic heterocycles. The number of hydrogen-bond donors (Lipinski definition) is 2. The van der Waals surface area contributed by atoms with Gasteiger partial charge in [-0.3, -0.25) is 9.59 Å². The Labute approximate surface area is 143 Å². The Hall–Kier alpha value is -1.96. The van der Waals surface area contributed by atoms with Gasteiger partial charge in [-0.25, -0.2) is 0 Å². The average Bonchev–Trinajstić information content (AvgIpc) is 2.82. The quantitative estimate of drug-likeness (QED) is 0.808. The van der Waals surface area contributed by atoms with Crippen LogP contribution in [0.3, 0.4) is 0 Å². The van der Waals surface area contributed by atoms with Crippen LogP contribution in [-0.4, -0.2) is 60.8 Å². The number of rotatable bonds is 1. The lowest BCUT2D eigenvalue weighted by atomic mass is 10.0. The number of β-amino-alcohol motifs (C(OH)–C–C–N with tert-alkyl or cyclic N) is 1. The molecule has 0 aliphatic carbocycles. The van der Waals surface area contributed by atoms with E-state index in [0.29, 0.717) is 25.3 Å². The van der Waals surface area contributed by atoms with E-state index in [2.05, 4.69) is 5.32 Å². The molecule has 2 aromatic rings. The molecular weight excluding hydrogens is 328 g/mol. The molecule has 7 heteroatoms. The van der Waals surface area contributed by atoms with Crippen LogP contribution in [0, 0.1) is 0 Å². The number of thiophene rings is 1. The number of nitrogens with zero attached hydrogens (tertiary/aromatic N) is 1. The molecule has 4 rings (SSSR count). The van der Waals surface area contributed by atoms with Gasteiger partial charge in [0.1, 0.15) is 0 Å². The summed E-state index contributed by atoms with van der Waals surface area (Å²) in [5.41, 5.74) is 1.62. The average molecular weight is 346 g/mol. The molecule has 2 amide bonds. The molecule has 0 radical (unpaired) electrons. The topological polar surface area (TPSA) is 78.9 Å². The predicted octanol–water partition coefficient (Wildman–Crippen LogP) is 1.02. The standard InChI is InChI=1S/C17H18N2O4S/c20-11-8-19(5-6-23-9-11)17(22)10-1-2-14-13(7-10)12-3-4-18-16(21)15(12)24-14/h1-2,7,11,20H,3-6,8-9H2,(H,18,21)/t11-/m0/s1. The molecule has 0 bridgehead atoms. The molecule has 0 saturated carbocycles. The highest BCUT2D eigenvalue weighted by Crippen LogP contribution is 2.34. The summed E-state index contributed by atoms with van der Waals surface area (Å²) in [4.78, 5) is 27.1. The molecule has 1 aromatic carbocycles. The summed E-state index contributed by atoms with van der Waals surface area (Å²) in [5.74, 6) is -0.139. The van der Waals surface area contributed by atoms with Crippen LogP contribution in [0.5, 0.6) is 0 Å². The molecular formula is C17H18N2O4S. The van der Waals surface area contributed by atoms with E-state index in [4.69, 9.17) is 4.74 Å². The van der Waals surface area contributed by atoms with Crippen LogP contribution in [0.2, 0.25) is 0 Å². The van der Waals surface area contributed by atoms with E-state index < -0.39 is 6.10 Å². The van der Waals surface area contributed by atoms with Gasteiger partial charge in [-0.15, -0.1) is 11.3 Å². The van der Waals surface area contributed by atoms with E-state index in [-0.39, 0.29) is 25.0 Å². The zero-order valence-electron chi connectivity index (χ0n) is 13.1. The lowest BCUT2D eigenvalue weighted by Crippen LogP contribution is -2.37. The zero-order chi connectivity index (χ0) is 16.7. The van der Waals surface area contributed by atoms with Crippen LogP contribution < -0.4 is 5.32 Å². The number of hydrogen-bond acceptors (Lipinski definition) is 5. The maximum Gasteiger partial charge on any atom is 0.261 e. The Kier molecular flexibility index (Phi) is 3.99. The molecule has 6 nitrogen and oxygen atoms in total. The van der Waals surface area contributed by atoms with Gasteiger partial charge < -0.3 is 20.1 Å². The minimum Gasteiger partial charge on any atom is -0.389 e. The normalized spacial score (nSPS) is 21.3. The van der Waals surface area contributed by atoms with Gasteiger partial charge in [0.25, 0.3) is 11.8 Å². The van der Waals surface area contributed by atoms with E-state index in [1.165, 1.54) is 11.3 Å². The number of aliphatic hydroxyl groups excluding tert-OH is 1.